The molecule has 4 aromatic carbocycles. The van der Waals surface area contributed by atoms with Crippen LogP contribution in [0.4, 0.5) is 0 Å². The van der Waals surface area contributed by atoms with Crippen molar-refractivity contribution in [1.82, 2.24) is 0 Å². The molecule has 4 aromatic rings. The van der Waals surface area contributed by atoms with Crippen LogP contribution in [0.15, 0.2) is 105 Å². The first kappa shape index (κ1) is 35.5. The van der Waals surface area contributed by atoms with Crippen molar-refractivity contribution in [3.63, 3.8) is 0 Å². The van der Waals surface area contributed by atoms with Crippen molar-refractivity contribution < 1.29 is 16.8 Å². The maximum Gasteiger partial charge on any atom is 0.223 e. The van der Waals surface area contributed by atoms with Gasteiger partial charge in [-0.25, -0.2) is 27.1 Å². The monoisotopic (exact) mass is 746 g/mol. The normalized spacial score (nSPS) is 22.4. The third kappa shape index (κ3) is 5.20. The largest absolute Gasteiger partial charge is 0.323 e. The number of benzene rings is 4. The van der Waals surface area contributed by atoms with E-state index in [1.165, 1.54) is 23.5 Å². The fourth-order valence-electron chi connectivity index (χ4n) is 7.18. The Balaban J connectivity index is 1.55. The Hall–Kier alpha value is -4.32. The van der Waals surface area contributed by atoms with E-state index in [0.29, 0.717) is 43.2 Å². The van der Waals surface area contributed by atoms with Gasteiger partial charge in [-0.05, 0) is 58.0 Å². The van der Waals surface area contributed by atoms with Crippen molar-refractivity contribution in [1.29, 1.82) is 10.8 Å². The highest BCUT2D eigenvalue weighted by Gasteiger charge is 2.53. The van der Waals surface area contributed by atoms with E-state index in [1.807, 2.05) is 24.6 Å². The minimum atomic E-state index is -4.37. The van der Waals surface area contributed by atoms with Gasteiger partial charge in [0.05, 0.1) is 22.8 Å². The van der Waals surface area contributed by atoms with Crippen LogP contribution in [0.3, 0.4) is 0 Å². The minimum absolute atomic E-state index is 0.0360. The Morgan fingerprint density at radius 1 is 0.600 bits per heavy atom. The number of thioether (sulfide) groups is 2. The molecule has 258 valence electrons. The number of rotatable bonds is 7. The van der Waals surface area contributed by atoms with Gasteiger partial charge >= 0.3 is 0 Å². The number of hydrogen-bond donors (Lipinski definition) is 6. The van der Waals surface area contributed by atoms with E-state index in [2.05, 4.69) is 10.2 Å². The lowest BCUT2D eigenvalue weighted by Gasteiger charge is -2.39. The van der Waals surface area contributed by atoms with Gasteiger partial charge in [0, 0.05) is 33.8 Å². The zero-order valence-electron chi connectivity index (χ0n) is 27.0. The standard InChI is InChI=1S/C34H34N8O4S4/c1-47-29-15-19(11-13-25(29)33(49(39,43)44)17-27(41-37)31(35)21-7-3-5-9-23(21)33)20-12-14-26(30(16-20)48-2)34(50(40,45)46)18-28(42-38)32(36)22-8-4-6-10-24(22)34/h3-16,35-36H,17-18,37-38H2,1-2H3,(H2,39,43,44)(H2,40,45,46)/b35-31?,36-32?,41-27-,42-28+. The van der Waals surface area contributed by atoms with Gasteiger partial charge in [0.2, 0.25) is 20.0 Å². The van der Waals surface area contributed by atoms with E-state index < -0.39 is 29.5 Å². The quantitative estimate of drug-likeness (QED) is 0.0913. The molecule has 0 saturated heterocycles. The molecule has 2 atom stereocenters. The van der Waals surface area contributed by atoms with Crippen molar-refractivity contribution in [3.05, 3.63) is 118 Å². The summed E-state index contributed by atoms with van der Waals surface area (Å²) < 4.78 is 51.3. The predicted octanol–water partition coefficient (Wildman–Crippen LogP) is 4.03. The molecule has 12 nitrogen and oxygen atoms in total. The lowest BCUT2D eigenvalue weighted by Crippen LogP contribution is -2.49. The Bertz CT molecular complexity index is 2230. The van der Waals surface area contributed by atoms with E-state index in [1.54, 1.807) is 72.8 Å². The molecular formula is C34H34N8O4S4. The molecule has 2 unspecified atom stereocenters. The summed E-state index contributed by atoms with van der Waals surface area (Å²) >= 11 is 2.68. The van der Waals surface area contributed by atoms with Crippen LogP contribution in [-0.2, 0) is 29.5 Å². The van der Waals surface area contributed by atoms with Gasteiger partial charge in [-0.15, -0.1) is 23.5 Å². The highest BCUT2D eigenvalue weighted by molar-refractivity contribution is 7.99. The molecule has 50 heavy (non-hydrogen) atoms. The van der Waals surface area contributed by atoms with E-state index in [-0.39, 0.29) is 35.7 Å². The zero-order valence-corrected chi connectivity index (χ0v) is 30.2. The molecule has 0 aliphatic heterocycles. The summed E-state index contributed by atoms with van der Waals surface area (Å²) in [7, 11) is -8.73. The molecule has 0 bridgehead atoms. The number of nitrogens with two attached hydrogens (primary N) is 4. The first-order chi connectivity index (χ1) is 23.7. The molecule has 16 heteroatoms. The smallest absolute Gasteiger partial charge is 0.223 e. The van der Waals surface area contributed by atoms with Crippen LogP contribution in [0.25, 0.3) is 11.1 Å². The molecule has 2 aliphatic rings. The molecule has 0 radical (unpaired) electrons. The van der Waals surface area contributed by atoms with Crippen LogP contribution in [0.5, 0.6) is 0 Å². The van der Waals surface area contributed by atoms with E-state index in [0.717, 1.165) is 11.1 Å². The topological polar surface area (TPSA) is 245 Å². The van der Waals surface area contributed by atoms with Crippen molar-refractivity contribution in [2.75, 3.05) is 12.5 Å². The first-order valence-corrected chi connectivity index (χ1v) is 20.6. The Morgan fingerprint density at radius 3 is 1.28 bits per heavy atom. The fourth-order valence-corrected chi connectivity index (χ4v) is 11.3. The summed E-state index contributed by atoms with van der Waals surface area (Å²) in [6, 6.07) is 24.2. The molecule has 0 heterocycles. The Labute approximate surface area is 298 Å². The number of primary sulfonamides is 2. The van der Waals surface area contributed by atoms with Gasteiger partial charge in [-0.2, -0.15) is 10.2 Å². The average molecular weight is 747 g/mol. The van der Waals surface area contributed by atoms with Crippen molar-refractivity contribution in [2.45, 2.75) is 32.1 Å². The third-order valence-electron chi connectivity index (χ3n) is 9.56. The molecule has 0 fully saturated rings. The van der Waals surface area contributed by atoms with E-state index >= 15 is 0 Å². The first-order valence-electron chi connectivity index (χ1n) is 15.0. The summed E-state index contributed by atoms with van der Waals surface area (Å²) in [4.78, 5) is 1.24. The van der Waals surface area contributed by atoms with Crippen LogP contribution in [0.1, 0.15) is 46.2 Å². The SMILES string of the molecule is CSc1cc(-c2ccc(C3(S(N)(=O)=O)C/C(=N\N)C(=N)c4ccccc43)c(SC)c2)ccc1C1(S(N)(=O)=O)C/C(=N/N)C(=N)c2ccccc21. The second-order valence-corrected chi connectivity index (χ2v) is 17.2. The van der Waals surface area contributed by atoms with Crippen LogP contribution < -0.4 is 22.0 Å². The lowest BCUT2D eigenvalue weighted by atomic mass is 9.75. The summed E-state index contributed by atoms with van der Waals surface area (Å²) in [6.07, 6.45) is 3.21. The zero-order chi connectivity index (χ0) is 36.2. The maximum atomic E-state index is 13.7. The number of nitrogens with one attached hydrogen (secondary N) is 2. The van der Waals surface area contributed by atoms with E-state index in [9.17, 15) is 16.8 Å². The number of sulfonamides is 2. The van der Waals surface area contributed by atoms with E-state index in [4.69, 9.17) is 32.8 Å². The Morgan fingerprint density at radius 2 is 0.960 bits per heavy atom. The highest BCUT2D eigenvalue weighted by atomic mass is 32.2. The van der Waals surface area contributed by atoms with Gasteiger partial charge in [0.15, 0.2) is 0 Å². The second kappa shape index (κ2) is 12.8. The highest BCUT2D eigenvalue weighted by Crippen LogP contribution is 2.50. The molecule has 0 spiro atoms. The van der Waals surface area contributed by atoms with Gasteiger partial charge in [-0.1, -0.05) is 72.8 Å². The van der Waals surface area contributed by atoms with Gasteiger partial charge < -0.3 is 11.7 Å². The number of fused-ring (bicyclic) bond motifs is 2. The predicted molar refractivity (Wildman–Crippen MR) is 202 cm³/mol. The van der Waals surface area contributed by atoms with Crippen LogP contribution in [0.2, 0.25) is 0 Å². The van der Waals surface area contributed by atoms with Crippen molar-refractivity contribution in [2.24, 2.45) is 32.2 Å². The van der Waals surface area contributed by atoms with Crippen LogP contribution in [-0.4, -0.2) is 52.2 Å². The summed E-state index contributed by atoms with van der Waals surface area (Å²) in [5, 5.41) is 37.0. The van der Waals surface area contributed by atoms with Crippen LogP contribution in [0, 0.1) is 10.8 Å². The number of hydrogen-bond acceptors (Lipinski definition) is 12. The molecule has 6 rings (SSSR count). The number of nitrogens with zero attached hydrogens (tertiary/aromatic N) is 2. The minimum Gasteiger partial charge on any atom is -0.323 e. The molecule has 0 amide bonds. The molecule has 10 N–H and O–H groups in total. The summed E-state index contributed by atoms with van der Waals surface area (Å²) in [6.45, 7) is 0. The van der Waals surface area contributed by atoms with Crippen molar-refractivity contribution in [3.8, 4) is 11.1 Å². The van der Waals surface area contributed by atoms with Crippen molar-refractivity contribution >= 4 is 66.4 Å². The van der Waals surface area contributed by atoms with Gasteiger partial charge in [0.1, 0.15) is 9.49 Å². The third-order valence-corrected chi connectivity index (χ3v) is 14.2. The second-order valence-electron chi connectivity index (χ2n) is 11.9. The fraction of sp³-hybridized carbons (Fsp3) is 0.176. The van der Waals surface area contributed by atoms with Crippen LogP contribution >= 0.6 is 23.5 Å². The summed E-state index contributed by atoms with van der Waals surface area (Å²) in [5.41, 5.74) is 4.08. The molecule has 0 saturated carbocycles. The lowest BCUT2D eigenvalue weighted by molar-refractivity contribution is 0.553. The summed E-state index contributed by atoms with van der Waals surface area (Å²) in [5.74, 6) is 11.4. The van der Waals surface area contributed by atoms with Gasteiger partial charge in [-0.3, -0.25) is 10.8 Å². The molecular weight excluding hydrogens is 713 g/mol. The molecule has 2 aliphatic carbocycles. The average Bonchev–Trinajstić information content (AvgIpc) is 3.11. The maximum absolute atomic E-state index is 13.7. The molecule has 0 aromatic heterocycles. The van der Waals surface area contributed by atoms with Gasteiger partial charge in [0.25, 0.3) is 0 Å². The number of hydrazone groups is 2. The Kier molecular flexibility index (Phi) is 9.07.